The molecule has 0 unspecified atom stereocenters. The van der Waals surface area contributed by atoms with Gasteiger partial charge in [-0.15, -0.1) is 0 Å². The first-order chi connectivity index (χ1) is 12.2. The highest BCUT2D eigenvalue weighted by atomic mass is 16.6. The number of hydrogen-bond donors (Lipinski definition) is 2. The topological polar surface area (TPSA) is 77.0 Å². The van der Waals surface area contributed by atoms with E-state index in [1.807, 2.05) is 6.07 Å². The molecule has 0 aliphatic carbocycles. The van der Waals surface area contributed by atoms with Gasteiger partial charge < -0.3 is 24.6 Å². The molecule has 0 radical (unpaired) electrons. The zero-order valence-electron chi connectivity index (χ0n) is 16.8. The molecule has 0 aliphatic rings. The molecule has 26 heavy (non-hydrogen) atoms. The molecule has 0 bridgehead atoms. The van der Waals surface area contributed by atoms with Crippen molar-refractivity contribution in [1.82, 2.24) is 5.32 Å². The smallest absolute Gasteiger partial charge is 0.408 e. The van der Waals surface area contributed by atoms with E-state index in [0.717, 1.165) is 12.8 Å². The Balaban J connectivity index is 2.88. The predicted octanol–water partition coefficient (Wildman–Crippen LogP) is 4.07. The van der Waals surface area contributed by atoms with Crippen molar-refractivity contribution in [3.63, 3.8) is 0 Å². The van der Waals surface area contributed by atoms with Crippen molar-refractivity contribution >= 4 is 6.09 Å². The molecule has 1 amide bonds. The second-order valence-corrected chi connectivity index (χ2v) is 7.28. The average Bonchev–Trinajstić information content (AvgIpc) is 2.59. The fourth-order valence-corrected chi connectivity index (χ4v) is 2.48. The van der Waals surface area contributed by atoms with Crippen LogP contribution in [0.1, 0.15) is 59.1 Å². The van der Waals surface area contributed by atoms with Crippen LogP contribution in [0.15, 0.2) is 18.2 Å². The Morgan fingerprint density at radius 3 is 2.38 bits per heavy atom. The molecule has 0 saturated carbocycles. The summed E-state index contributed by atoms with van der Waals surface area (Å²) in [6.07, 6.45) is 1.55. The van der Waals surface area contributed by atoms with Crippen molar-refractivity contribution in [3.05, 3.63) is 23.8 Å². The number of alkyl carbamates (subject to hydrolysis) is 1. The number of ether oxygens (including phenoxy) is 3. The monoisotopic (exact) mass is 367 g/mol. The Kier molecular flexibility index (Phi) is 8.72. The number of rotatable bonds is 9. The van der Waals surface area contributed by atoms with Gasteiger partial charge >= 0.3 is 6.09 Å². The number of hydrogen-bond acceptors (Lipinski definition) is 5. The highest BCUT2D eigenvalue weighted by Crippen LogP contribution is 2.30. The first kappa shape index (κ1) is 22.1. The van der Waals surface area contributed by atoms with Crippen molar-refractivity contribution in [2.45, 2.75) is 59.1 Å². The minimum atomic E-state index is -0.632. The first-order valence-corrected chi connectivity index (χ1v) is 9.15. The number of methoxy groups -OCH3 is 1. The summed E-state index contributed by atoms with van der Waals surface area (Å²) in [5.41, 5.74) is 0.0526. The molecule has 0 aliphatic heterocycles. The second-order valence-electron chi connectivity index (χ2n) is 7.28. The molecule has 1 aromatic rings. The van der Waals surface area contributed by atoms with E-state index < -0.39 is 17.7 Å². The fraction of sp³-hybridized carbons (Fsp3) is 0.650. The number of amides is 1. The molecule has 0 aromatic heterocycles. The van der Waals surface area contributed by atoms with Crippen molar-refractivity contribution in [1.29, 1.82) is 0 Å². The van der Waals surface area contributed by atoms with Gasteiger partial charge in [0.15, 0.2) is 0 Å². The summed E-state index contributed by atoms with van der Waals surface area (Å²) in [5, 5.41) is 12.4. The lowest BCUT2D eigenvalue weighted by atomic mass is 10.0. The van der Waals surface area contributed by atoms with Crippen LogP contribution in [0.2, 0.25) is 0 Å². The van der Waals surface area contributed by atoms with Gasteiger partial charge in [-0.1, -0.05) is 26.7 Å². The molecule has 0 spiro atoms. The van der Waals surface area contributed by atoms with Crippen molar-refractivity contribution in [2.24, 2.45) is 5.92 Å². The zero-order chi connectivity index (χ0) is 19.7. The van der Waals surface area contributed by atoms with Crippen LogP contribution in [-0.4, -0.2) is 37.1 Å². The molecule has 0 fully saturated rings. The van der Waals surface area contributed by atoms with Crippen molar-refractivity contribution in [2.75, 3.05) is 20.3 Å². The maximum atomic E-state index is 12.0. The third-order valence-electron chi connectivity index (χ3n) is 4.09. The lowest BCUT2D eigenvalue weighted by Gasteiger charge is -2.24. The Morgan fingerprint density at radius 1 is 1.23 bits per heavy atom. The molecule has 0 heterocycles. The number of aliphatic hydroxyl groups is 1. The molecule has 6 nitrogen and oxygen atoms in total. The van der Waals surface area contributed by atoms with Crippen LogP contribution >= 0.6 is 0 Å². The third-order valence-corrected chi connectivity index (χ3v) is 4.09. The summed E-state index contributed by atoms with van der Waals surface area (Å²) in [7, 11) is 1.55. The number of carbonyl (C=O) groups is 1. The summed E-state index contributed by atoms with van der Waals surface area (Å²) < 4.78 is 16.5. The van der Waals surface area contributed by atoms with E-state index in [1.54, 1.807) is 40.0 Å². The number of carbonyl (C=O) groups excluding carboxylic acids is 1. The van der Waals surface area contributed by atoms with Crippen LogP contribution in [0.3, 0.4) is 0 Å². The van der Waals surface area contributed by atoms with E-state index in [2.05, 4.69) is 19.2 Å². The normalized spacial score (nSPS) is 12.6. The van der Waals surface area contributed by atoms with E-state index in [0.29, 0.717) is 29.6 Å². The molecule has 1 rings (SSSR count). The SMILES string of the molecule is CCC(CC)COc1ccc([C@H](CO)NC(=O)OC(C)(C)C)c(OC)c1. The van der Waals surface area contributed by atoms with E-state index in [9.17, 15) is 9.90 Å². The Bertz CT molecular complexity index is 564. The van der Waals surface area contributed by atoms with Gasteiger partial charge in [0.05, 0.1) is 26.4 Å². The number of benzene rings is 1. The lowest BCUT2D eigenvalue weighted by Crippen LogP contribution is -2.36. The lowest BCUT2D eigenvalue weighted by molar-refractivity contribution is 0.0481. The quantitative estimate of drug-likeness (QED) is 0.688. The first-order valence-electron chi connectivity index (χ1n) is 9.15. The van der Waals surface area contributed by atoms with Crippen LogP contribution in [0.4, 0.5) is 4.79 Å². The maximum absolute atomic E-state index is 12.0. The largest absolute Gasteiger partial charge is 0.496 e. The van der Waals surface area contributed by atoms with Crippen LogP contribution in [0, 0.1) is 5.92 Å². The zero-order valence-corrected chi connectivity index (χ0v) is 16.8. The summed E-state index contributed by atoms with van der Waals surface area (Å²) in [4.78, 5) is 12.0. The second kappa shape index (κ2) is 10.3. The van der Waals surface area contributed by atoms with Gasteiger partial charge in [-0.3, -0.25) is 0 Å². The van der Waals surface area contributed by atoms with E-state index in [1.165, 1.54) is 0 Å². The van der Waals surface area contributed by atoms with Gasteiger partial charge in [0, 0.05) is 11.6 Å². The summed E-state index contributed by atoms with van der Waals surface area (Å²) >= 11 is 0. The van der Waals surface area contributed by atoms with Crippen LogP contribution in [0.5, 0.6) is 11.5 Å². The van der Waals surface area contributed by atoms with E-state index in [4.69, 9.17) is 14.2 Å². The molecule has 6 heteroatoms. The van der Waals surface area contributed by atoms with Gasteiger partial charge in [0.1, 0.15) is 17.1 Å². The molecule has 0 saturated heterocycles. The Hall–Kier alpha value is -1.95. The molecule has 2 N–H and O–H groups in total. The van der Waals surface area contributed by atoms with Gasteiger partial charge in [0.25, 0.3) is 0 Å². The number of nitrogens with one attached hydrogen (secondary N) is 1. The average molecular weight is 367 g/mol. The molecule has 1 atom stereocenters. The molecular weight excluding hydrogens is 334 g/mol. The minimum Gasteiger partial charge on any atom is -0.496 e. The van der Waals surface area contributed by atoms with Crippen LogP contribution in [-0.2, 0) is 4.74 Å². The van der Waals surface area contributed by atoms with E-state index in [-0.39, 0.29) is 6.61 Å². The third kappa shape index (κ3) is 7.12. The van der Waals surface area contributed by atoms with Gasteiger partial charge in [-0.25, -0.2) is 4.79 Å². The van der Waals surface area contributed by atoms with Gasteiger partial charge in [0.2, 0.25) is 0 Å². The van der Waals surface area contributed by atoms with Gasteiger partial charge in [-0.2, -0.15) is 0 Å². The Labute approximate surface area is 156 Å². The highest BCUT2D eigenvalue weighted by molar-refractivity contribution is 5.68. The summed E-state index contributed by atoms with van der Waals surface area (Å²) in [6, 6.07) is 4.75. The van der Waals surface area contributed by atoms with Crippen LogP contribution in [0.25, 0.3) is 0 Å². The van der Waals surface area contributed by atoms with Crippen molar-refractivity contribution in [3.8, 4) is 11.5 Å². The minimum absolute atomic E-state index is 0.274. The molecule has 148 valence electrons. The fourth-order valence-electron chi connectivity index (χ4n) is 2.48. The maximum Gasteiger partial charge on any atom is 0.408 e. The van der Waals surface area contributed by atoms with Crippen LogP contribution < -0.4 is 14.8 Å². The predicted molar refractivity (Wildman–Crippen MR) is 102 cm³/mol. The number of aliphatic hydroxyl groups excluding tert-OH is 1. The Morgan fingerprint density at radius 2 is 1.88 bits per heavy atom. The highest BCUT2D eigenvalue weighted by Gasteiger charge is 2.22. The molecule has 1 aromatic carbocycles. The summed E-state index contributed by atoms with van der Waals surface area (Å²) in [5.74, 6) is 1.76. The summed E-state index contributed by atoms with van der Waals surface area (Å²) in [6.45, 7) is 10.0. The molecular formula is C20H33NO5. The van der Waals surface area contributed by atoms with Crippen molar-refractivity contribution < 1.29 is 24.1 Å². The standard InChI is InChI=1S/C20H33NO5/c1-7-14(8-2)13-25-15-9-10-16(18(11-15)24-6)17(12-22)21-19(23)26-20(3,4)5/h9-11,14,17,22H,7-8,12-13H2,1-6H3,(H,21,23)/t17-/m0/s1. The van der Waals surface area contributed by atoms with E-state index >= 15 is 0 Å². The van der Waals surface area contributed by atoms with Gasteiger partial charge in [-0.05, 0) is 38.8 Å².